The Morgan fingerprint density at radius 1 is 1.00 bits per heavy atom. The minimum atomic E-state index is 0.739. The van der Waals surface area contributed by atoms with Gasteiger partial charge >= 0.3 is 0 Å². The van der Waals surface area contributed by atoms with E-state index >= 15 is 0 Å². The molecule has 1 aromatic rings. The average molecular weight is 236 g/mol. The van der Waals surface area contributed by atoms with Gasteiger partial charge in [-0.1, -0.05) is 18.2 Å². The Balaban J connectivity index is 2.05. The molecule has 3 rings (SSSR count). The molecule has 2 aliphatic heterocycles. The van der Waals surface area contributed by atoms with Crippen molar-refractivity contribution in [2.75, 3.05) is 0 Å². The fourth-order valence-electron chi connectivity index (χ4n) is 1.74. The molecule has 2 heterocycles. The molecule has 1 N–H and O–H groups in total. The molecule has 0 atom stereocenters. The molecule has 0 spiro atoms. The van der Waals surface area contributed by atoms with Gasteiger partial charge in [-0.3, -0.25) is 9.89 Å². The van der Waals surface area contributed by atoms with E-state index in [0.717, 1.165) is 16.5 Å². The number of rotatable bonds is 0. The molecule has 0 saturated carbocycles. The molecule has 2 aliphatic rings. The third-order valence-corrected chi connectivity index (χ3v) is 2.60. The lowest BCUT2D eigenvalue weighted by Crippen LogP contribution is -2.34. The van der Waals surface area contributed by atoms with E-state index < -0.39 is 0 Å². The lowest BCUT2D eigenvalue weighted by atomic mass is 10.3. The van der Waals surface area contributed by atoms with Crippen molar-refractivity contribution in [3.05, 3.63) is 71.8 Å². The summed E-state index contributed by atoms with van der Waals surface area (Å²) in [4.78, 5) is 10.6. The Kier molecular flexibility index (Phi) is 2.75. The fourth-order valence-corrected chi connectivity index (χ4v) is 1.74. The normalized spacial score (nSPS) is 16.7. The Morgan fingerprint density at radius 3 is 2.94 bits per heavy atom. The summed E-state index contributed by atoms with van der Waals surface area (Å²) in [6, 6.07) is 7.99. The highest BCUT2D eigenvalue weighted by molar-refractivity contribution is 5.86. The van der Waals surface area contributed by atoms with Gasteiger partial charge in [0.1, 0.15) is 0 Å². The van der Waals surface area contributed by atoms with Crippen LogP contribution >= 0.6 is 0 Å². The van der Waals surface area contributed by atoms with Gasteiger partial charge in [0, 0.05) is 36.2 Å². The van der Waals surface area contributed by atoms with Crippen molar-refractivity contribution < 1.29 is 0 Å². The topological polar surface area (TPSA) is 40.0 Å². The van der Waals surface area contributed by atoms with Crippen LogP contribution in [-0.2, 0) is 0 Å². The number of allylic oxidation sites excluding steroid dienone is 2. The molecular weight excluding hydrogens is 224 g/mol. The zero-order valence-electron chi connectivity index (χ0n) is 9.69. The van der Waals surface area contributed by atoms with Crippen LogP contribution in [0.25, 0.3) is 6.20 Å². The predicted molar refractivity (Wildman–Crippen MR) is 71.5 cm³/mol. The summed E-state index contributed by atoms with van der Waals surface area (Å²) in [5.74, 6) is 0.739. The molecule has 4 heteroatoms. The molecule has 0 radical (unpaired) electrons. The van der Waals surface area contributed by atoms with E-state index in [4.69, 9.17) is 0 Å². The van der Waals surface area contributed by atoms with Crippen LogP contribution in [0, 0.1) is 0 Å². The summed E-state index contributed by atoms with van der Waals surface area (Å²) in [6.07, 6.45) is 13.0. The minimum absolute atomic E-state index is 0.739. The largest absolute Gasteiger partial charge is 0.332 e. The van der Waals surface area contributed by atoms with Gasteiger partial charge < -0.3 is 5.32 Å². The van der Waals surface area contributed by atoms with Gasteiger partial charge in [-0.25, -0.2) is 4.99 Å². The highest BCUT2D eigenvalue weighted by atomic mass is 15.3. The molecule has 0 amide bonds. The van der Waals surface area contributed by atoms with Crippen molar-refractivity contribution >= 4 is 12.2 Å². The molecule has 0 aliphatic carbocycles. The maximum Gasteiger partial charge on any atom is 0.210 e. The van der Waals surface area contributed by atoms with Gasteiger partial charge in [0.15, 0.2) is 0 Å². The van der Waals surface area contributed by atoms with Gasteiger partial charge in [-0.15, -0.1) is 0 Å². The van der Waals surface area contributed by atoms with E-state index in [2.05, 4.69) is 15.3 Å². The predicted octanol–water partition coefficient (Wildman–Crippen LogP) is 0.818. The number of hydrogen-bond acceptors (Lipinski definition) is 4. The Bertz CT molecular complexity index is 680. The highest BCUT2D eigenvalue weighted by Gasteiger charge is 2.05. The molecule has 0 saturated heterocycles. The summed E-state index contributed by atoms with van der Waals surface area (Å²) in [7, 11) is 0. The first-order valence-electron chi connectivity index (χ1n) is 5.69. The number of nitrogens with one attached hydrogen (secondary N) is 1. The van der Waals surface area contributed by atoms with Gasteiger partial charge in [0.2, 0.25) is 5.96 Å². The van der Waals surface area contributed by atoms with E-state index in [-0.39, 0.29) is 0 Å². The standard InChI is InChI=1S/C14H12N4/c1-2-6-13-12(5-1)11-18(10-9-15-13)14-16-7-3-4-8-17-14/h1-11H,(H,16,17). The third kappa shape index (κ3) is 2.08. The lowest BCUT2D eigenvalue weighted by molar-refractivity contribution is 0.781. The zero-order chi connectivity index (χ0) is 12.2. The van der Waals surface area contributed by atoms with Crippen molar-refractivity contribution in [3.8, 4) is 0 Å². The summed E-state index contributed by atoms with van der Waals surface area (Å²) < 4.78 is 0. The summed E-state index contributed by atoms with van der Waals surface area (Å²) in [5.41, 5.74) is 0. The number of hydrogen-bond donors (Lipinski definition) is 1. The molecule has 4 nitrogen and oxygen atoms in total. The van der Waals surface area contributed by atoms with Crippen molar-refractivity contribution in [1.29, 1.82) is 0 Å². The second kappa shape index (κ2) is 4.71. The second-order valence-corrected chi connectivity index (χ2v) is 3.82. The van der Waals surface area contributed by atoms with E-state index in [1.54, 1.807) is 12.4 Å². The van der Waals surface area contributed by atoms with Crippen LogP contribution in [0.2, 0.25) is 0 Å². The van der Waals surface area contributed by atoms with Crippen molar-refractivity contribution in [3.63, 3.8) is 0 Å². The summed E-state index contributed by atoms with van der Waals surface area (Å²) in [5, 5.41) is 5.13. The van der Waals surface area contributed by atoms with E-state index in [1.165, 1.54) is 0 Å². The van der Waals surface area contributed by atoms with Crippen LogP contribution in [0.15, 0.2) is 71.2 Å². The number of fused-ring (bicyclic) bond motifs is 1. The van der Waals surface area contributed by atoms with Gasteiger partial charge in [0.05, 0.1) is 5.36 Å². The number of nitrogens with zero attached hydrogens (tertiary/aromatic N) is 3. The Labute approximate surface area is 105 Å². The van der Waals surface area contributed by atoms with E-state index in [0.29, 0.717) is 0 Å². The van der Waals surface area contributed by atoms with Crippen molar-refractivity contribution in [2.45, 2.75) is 0 Å². The van der Waals surface area contributed by atoms with Crippen LogP contribution in [-0.4, -0.2) is 10.9 Å². The van der Waals surface area contributed by atoms with Gasteiger partial charge in [-0.05, 0) is 18.2 Å². The molecule has 1 aromatic carbocycles. The average Bonchev–Trinajstić information content (AvgIpc) is 2.79. The maximum absolute atomic E-state index is 4.38. The molecule has 0 aromatic heterocycles. The number of aliphatic imine (C=N–C) groups is 1. The molecule has 0 bridgehead atoms. The Hall–Kier alpha value is -2.62. The van der Waals surface area contributed by atoms with Crippen molar-refractivity contribution in [2.24, 2.45) is 9.98 Å². The van der Waals surface area contributed by atoms with E-state index in [9.17, 15) is 0 Å². The SMILES string of the molecule is C1=CN=C(N2C=CN=c3ccccc3=C2)NC=C1. The first-order valence-corrected chi connectivity index (χ1v) is 5.69. The monoisotopic (exact) mass is 236 g/mol. The van der Waals surface area contributed by atoms with Crippen LogP contribution in [0.4, 0.5) is 0 Å². The van der Waals surface area contributed by atoms with Crippen LogP contribution in [0.5, 0.6) is 0 Å². The third-order valence-electron chi connectivity index (χ3n) is 2.60. The van der Waals surface area contributed by atoms with E-state index in [1.807, 2.05) is 59.9 Å². The zero-order valence-corrected chi connectivity index (χ0v) is 9.69. The smallest absolute Gasteiger partial charge is 0.210 e. The highest BCUT2D eigenvalue weighted by Crippen LogP contribution is 1.98. The fraction of sp³-hybridized carbons (Fsp3) is 0. The van der Waals surface area contributed by atoms with Crippen LogP contribution in [0.1, 0.15) is 0 Å². The van der Waals surface area contributed by atoms with Gasteiger partial charge in [0.25, 0.3) is 0 Å². The summed E-state index contributed by atoms with van der Waals surface area (Å²) in [6.45, 7) is 0. The maximum atomic E-state index is 4.38. The minimum Gasteiger partial charge on any atom is -0.332 e. The van der Waals surface area contributed by atoms with Gasteiger partial charge in [-0.2, -0.15) is 0 Å². The first kappa shape index (κ1) is 10.5. The van der Waals surface area contributed by atoms with Crippen LogP contribution in [0.3, 0.4) is 0 Å². The molecule has 18 heavy (non-hydrogen) atoms. The number of benzene rings is 1. The molecule has 0 fully saturated rings. The molecule has 88 valence electrons. The van der Waals surface area contributed by atoms with Crippen molar-refractivity contribution in [1.82, 2.24) is 10.2 Å². The van der Waals surface area contributed by atoms with Crippen LogP contribution < -0.4 is 15.9 Å². The quantitative estimate of drug-likeness (QED) is 0.724. The molecular formula is C14H12N4. The number of para-hydroxylation sites is 1. The Morgan fingerprint density at radius 2 is 1.94 bits per heavy atom. The summed E-state index contributed by atoms with van der Waals surface area (Å²) >= 11 is 0. The molecule has 0 unspecified atom stereocenters. The first-order chi connectivity index (χ1) is 8.93. The number of guanidine groups is 1. The second-order valence-electron chi connectivity index (χ2n) is 3.82. The lowest BCUT2D eigenvalue weighted by Gasteiger charge is -2.15.